The fourth-order valence-electron chi connectivity index (χ4n) is 6.19. The first-order valence-electron chi connectivity index (χ1n) is 4.91. The van der Waals surface area contributed by atoms with E-state index in [1.807, 2.05) is 0 Å². The largest absolute Gasteiger partial charge is 0.264 e. The first kappa shape index (κ1) is 6.31. The molecule has 0 radical (unpaired) electrons. The quantitative estimate of drug-likeness (QED) is 0.449. The molecule has 0 unspecified atom stereocenters. The first-order chi connectivity index (χ1) is 6.62. The molecule has 0 bridgehead atoms. The zero-order valence-corrected chi connectivity index (χ0v) is 6.99. The topological polar surface area (TPSA) is 86.3 Å². The molecule has 6 fully saturated rings. The van der Waals surface area contributed by atoms with E-state index in [0.29, 0.717) is 11.8 Å². The van der Waals surface area contributed by atoms with Gasteiger partial charge in [-0.3, -0.25) is 20.2 Å². The van der Waals surface area contributed by atoms with Crippen LogP contribution < -0.4 is 0 Å². The van der Waals surface area contributed by atoms with E-state index >= 15 is 0 Å². The van der Waals surface area contributed by atoms with Crippen LogP contribution in [-0.2, 0) is 0 Å². The molecule has 0 atom stereocenters. The van der Waals surface area contributed by atoms with Gasteiger partial charge in [-0.2, -0.15) is 0 Å². The predicted molar refractivity (Wildman–Crippen MR) is 40.4 cm³/mol. The Kier molecular flexibility index (Phi) is 0.513. The van der Waals surface area contributed by atoms with Gasteiger partial charge in [0.15, 0.2) is 0 Å². The van der Waals surface area contributed by atoms with Gasteiger partial charge < -0.3 is 0 Å². The lowest BCUT2D eigenvalue weighted by Crippen LogP contribution is -3.18. The normalized spacial score (nSPS) is 76.9. The predicted octanol–water partition coefficient (Wildman–Crippen LogP) is -0.217. The molecule has 0 aromatic heterocycles. The minimum absolute atomic E-state index is 0.190. The lowest BCUT2D eigenvalue weighted by atomic mass is 8.96. The van der Waals surface area contributed by atoms with Crippen LogP contribution in [0.1, 0.15) is 0 Å². The van der Waals surface area contributed by atoms with E-state index in [9.17, 15) is 20.2 Å². The second-order valence-corrected chi connectivity index (χ2v) is 5.45. The van der Waals surface area contributed by atoms with Crippen molar-refractivity contribution in [3.8, 4) is 0 Å². The maximum absolute atomic E-state index is 10.9. The highest BCUT2D eigenvalue weighted by molar-refractivity contribution is 5.58. The van der Waals surface area contributed by atoms with Crippen molar-refractivity contribution in [3.05, 3.63) is 20.2 Å². The molecular weight excluding hydrogens is 188 g/mol. The van der Waals surface area contributed by atoms with Crippen molar-refractivity contribution in [1.29, 1.82) is 0 Å². The SMILES string of the molecule is O=[N+]([O-])C12C3C4C5C3C1C5([N+](=O)[O-])C42. The van der Waals surface area contributed by atoms with Gasteiger partial charge in [0.05, 0.1) is 0 Å². The van der Waals surface area contributed by atoms with Crippen LogP contribution in [0.3, 0.4) is 0 Å². The molecule has 0 amide bonds. The van der Waals surface area contributed by atoms with Gasteiger partial charge in [0.25, 0.3) is 0 Å². The summed E-state index contributed by atoms with van der Waals surface area (Å²) in [5.74, 6) is 0.815. The Morgan fingerprint density at radius 3 is 1.50 bits per heavy atom. The molecule has 0 N–H and O–H groups in total. The second-order valence-electron chi connectivity index (χ2n) is 5.45. The van der Waals surface area contributed by atoms with Gasteiger partial charge in [-0.25, -0.2) is 0 Å². The molecule has 6 aliphatic rings. The van der Waals surface area contributed by atoms with E-state index in [2.05, 4.69) is 0 Å². The third kappa shape index (κ3) is 0.207. The molecule has 6 rings (SSSR count). The molecule has 6 heteroatoms. The summed E-state index contributed by atoms with van der Waals surface area (Å²) in [7, 11) is 0. The van der Waals surface area contributed by atoms with Crippen molar-refractivity contribution in [1.82, 2.24) is 0 Å². The summed E-state index contributed by atoms with van der Waals surface area (Å²) >= 11 is 0. The summed E-state index contributed by atoms with van der Waals surface area (Å²) in [6.45, 7) is 0. The highest BCUT2D eigenvalue weighted by Crippen LogP contribution is 3.04. The fraction of sp³-hybridized carbons (Fsp3) is 1.00. The van der Waals surface area contributed by atoms with Crippen LogP contribution in [0.25, 0.3) is 0 Å². The minimum Gasteiger partial charge on any atom is -0.264 e. The summed E-state index contributed by atoms with van der Waals surface area (Å²) in [4.78, 5) is 21.4. The number of hydrogen-bond donors (Lipinski definition) is 0. The van der Waals surface area contributed by atoms with Crippen LogP contribution in [0.15, 0.2) is 0 Å². The molecule has 0 aromatic carbocycles. The van der Waals surface area contributed by atoms with Crippen LogP contribution in [0, 0.1) is 55.7 Å². The molecule has 6 nitrogen and oxygen atoms in total. The summed E-state index contributed by atoms with van der Waals surface area (Å²) < 4.78 is 0. The second kappa shape index (κ2) is 1.14. The minimum atomic E-state index is -0.808. The van der Waals surface area contributed by atoms with Crippen LogP contribution in [0.2, 0.25) is 0 Å². The molecule has 6 aliphatic carbocycles. The third-order valence-electron chi connectivity index (χ3n) is 6.12. The summed E-state index contributed by atoms with van der Waals surface area (Å²) in [6, 6.07) is 0. The van der Waals surface area contributed by atoms with Crippen molar-refractivity contribution in [2.24, 2.45) is 35.5 Å². The Bertz CT molecular complexity index is 402. The Morgan fingerprint density at radius 1 is 0.857 bits per heavy atom. The summed E-state index contributed by atoms with van der Waals surface area (Å²) in [6.07, 6.45) is 0. The van der Waals surface area contributed by atoms with E-state index in [0.717, 1.165) is 0 Å². The summed E-state index contributed by atoms with van der Waals surface area (Å²) in [5, 5.41) is 21.9. The standard InChI is InChI=1S/C8H6N2O4/c11-9(12)7-3-1-4-2(3)6(7)8(4,5(1)7)10(13)14/h1-6H. The van der Waals surface area contributed by atoms with Crippen molar-refractivity contribution < 1.29 is 9.85 Å². The molecule has 0 aromatic rings. The zero-order valence-electron chi connectivity index (χ0n) is 6.99. The van der Waals surface area contributed by atoms with E-state index < -0.39 is 11.1 Å². The maximum atomic E-state index is 10.9. The molecule has 6 saturated carbocycles. The highest BCUT2D eigenvalue weighted by atomic mass is 16.6. The lowest BCUT2D eigenvalue weighted by molar-refractivity contribution is -0.873. The average Bonchev–Trinajstić information content (AvgIpc) is 2.16. The number of nitrogens with zero attached hydrogens (tertiary/aromatic N) is 2. The van der Waals surface area contributed by atoms with Gasteiger partial charge in [-0.1, -0.05) is 0 Å². The molecule has 0 heterocycles. The van der Waals surface area contributed by atoms with Gasteiger partial charge >= 0.3 is 0 Å². The van der Waals surface area contributed by atoms with Crippen molar-refractivity contribution in [2.75, 3.05) is 0 Å². The molecule has 0 spiro atoms. The molecule has 14 heavy (non-hydrogen) atoms. The maximum Gasteiger partial charge on any atom is 0.245 e. The Labute approximate surface area is 77.6 Å². The number of hydrogen-bond acceptors (Lipinski definition) is 4. The van der Waals surface area contributed by atoms with Crippen LogP contribution in [0.5, 0.6) is 0 Å². The fourth-order valence-corrected chi connectivity index (χ4v) is 6.19. The van der Waals surface area contributed by atoms with Gasteiger partial charge in [-0.05, 0) is 11.8 Å². The van der Waals surface area contributed by atoms with Gasteiger partial charge in [0.1, 0.15) is 11.8 Å². The van der Waals surface area contributed by atoms with Crippen molar-refractivity contribution in [2.45, 2.75) is 11.1 Å². The van der Waals surface area contributed by atoms with E-state index in [4.69, 9.17) is 0 Å². The Morgan fingerprint density at radius 2 is 1.21 bits per heavy atom. The monoisotopic (exact) mass is 194 g/mol. The number of rotatable bonds is 2. The smallest absolute Gasteiger partial charge is 0.245 e. The van der Waals surface area contributed by atoms with E-state index in [1.165, 1.54) is 0 Å². The van der Waals surface area contributed by atoms with Crippen LogP contribution in [0.4, 0.5) is 0 Å². The van der Waals surface area contributed by atoms with Gasteiger partial charge in [0.2, 0.25) is 11.1 Å². The van der Waals surface area contributed by atoms with Crippen molar-refractivity contribution >= 4 is 0 Å². The summed E-state index contributed by atoms with van der Waals surface area (Å²) in [5.41, 5.74) is -1.62. The van der Waals surface area contributed by atoms with Crippen LogP contribution in [-0.4, -0.2) is 20.9 Å². The highest BCUT2D eigenvalue weighted by Gasteiger charge is 3.22. The molecule has 0 aliphatic heterocycles. The number of nitro groups is 2. The average molecular weight is 194 g/mol. The van der Waals surface area contributed by atoms with E-state index in [-0.39, 0.29) is 33.5 Å². The van der Waals surface area contributed by atoms with Gasteiger partial charge in [0, 0.05) is 21.7 Å². The zero-order chi connectivity index (χ0) is 9.62. The Hall–Kier alpha value is -1.20. The molecular formula is C8H6N2O4. The molecule has 72 valence electrons. The van der Waals surface area contributed by atoms with Crippen molar-refractivity contribution in [3.63, 3.8) is 0 Å². The first-order valence-corrected chi connectivity index (χ1v) is 4.91. The van der Waals surface area contributed by atoms with Crippen LogP contribution >= 0.6 is 0 Å². The lowest BCUT2D eigenvalue weighted by Gasteiger charge is -3.00. The Balaban J connectivity index is 1.71. The van der Waals surface area contributed by atoms with Gasteiger partial charge in [-0.15, -0.1) is 0 Å². The molecule has 0 saturated heterocycles. The van der Waals surface area contributed by atoms with E-state index in [1.54, 1.807) is 0 Å². The third-order valence-corrected chi connectivity index (χ3v) is 6.12.